The van der Waals surface area contributed by atoms with Crippen molar-refractivity contribution >= 4 is 17.9 Å². The summed E-state index contributed by atoms with van der Waals surface area (Å²) in [5.74, 6) is 0.563. The molecule has 1 fully saturated rings. The molecule has 0 bridgehead atoms. The van der Waals surface area contributed by atoms with Crippen molar-refractivity contribution in [2.75, 3.05) is 25.1 Å². The molecule has 0 aliphatic carbocycles. The number of carbonyl (C=O) groups excluding carboxylic acids is 2. The van der Waals surface area contributed by atoms with Gasteiger partial charge >= 0.3 is 5.97 Å². The van der Waals surface area contributed by atoms with E-state index in [0.717, 1.165) is 37.2 Å². The molecule has 5 nitrogen and oxygen atoms in total. The standard InChI is InChI=1S/C18H19NO4/c1-22-18(21)13-5-7-15(17-8-6-14(12-20)23-17)16(11-13)19-9-3-2-4-10-19/h5-8,11-12H,2-4,9-10H2,1H3. The number of nitrogens with zero attached hydrogens (tertiary/aromatic N) is 1. The van der Waals surface area contributed by atoms with Gasteiger partial charge in [-0.25, -0.2) is 4.79 Å². The van der Waals surface area contributed by atoms with Crippen LogP contribution in [0.1, 0.15) is 40.2 Å². The first-order valence-electron chi connectivity index (χ1n) is 7.75. The molecule has 2 aromatic rings. The Labute approximate surface area is 134 Å². The second-order valence-corrected chi connectivity index (χ2v) is 5.59. The molecule has 120 valence electrons. The Morgan fingerprint density at radius 1 is 1.17 bits per heavy atom. The molecule has 0 spiro atoms. The quantitative estimate of drug-likeness (QED) is 0.638. The van der Waals surface area contributed by atoms with E-state index in [1.165, 1.54) is 13.5 Å². The summed E-state index contributed by atoms with van der Waals surface area (Å²) in [5, 5.41) is 0. The van der Waals surface area contributed by atoms with Gasteiger partial charge < -0.3 is 14.1 Å². The van der Waals surface area contributed by atoms with E-state index in [1.807, 2.05) is 12.1 Å². The maximum absolute atomic E-state index is 11.8. The molecule has 0 radical (unpaired) electrons. The topological polar surface area (TPSA) is 59.8 Å². The summed E-state index contributed by atoms with van der Waals surface area (Å²) < 4.78 is 10.4. The lowest BCUT2D eigenvalue weighted by Gasteiger charge is -2.30. The van der Waals surface area contributed by atoms with Gasteiger partial charge in [0.2, 0.25) is 0 Å². The van der Waals surface area contributed by atoms with Gasteiger partial charge in [0.25, 0.3) is 0 Å². The second-order valence-electron chi connectivity index (χ2n) is 5.59. The monoisotopic (exact) mass is 313 g/mol. The predicted molar refractivity (Wildman–Crippen MR) is 86.9 cm³/mol. The van der Waals surface area contributed by atoms with E-state index in [4.69, 9.17) is 9.15 Å². The van der Waals surface area contributed by atoms with Gasteiger partial charge in [-0.05, 0) is 49.6 Å². The van der Waals surface area contributed by atoms with Crippen LogP contribution >= 0.6 is 0 Å². The first kappa shape index (κ1) is 15.3. The zero-order valence-electron chi connectivity index (χ0n) is 13.1. The summed E-state index contributed by atoms with van der Waals surface area (Å²) in [7, 11) is 1.37. The van der Waals surface area contributed by atoms with E-state index in [2.05, 4.69) is 4.90 Å². The Kier molecular flexibility index (Phi) is 4.46. The average molecular weight is 313 g/mol. The molecule has 1 aliphatic heterocycles. The largest absolute Gasteiger partial charge is 0.465 e. The van der Waals surface area contributed by atoms with Crippen molar-refractivity contribution in [1.29, 1.82) is 0 Å². The predicted octanol–water partition coefficient (Wildman–Crippen LogP) is 3.54. The summed E-state index contributed by atoms with van der Waals surface area (Å²) in [6.45, 7) is 1.89. The molecular weight excluding hydrogens is 294 g/mol. The molecule has 1 aromatic heterocycles. The van der Waals surface area contributed by atoms with E-state index < -0.39 is 0 Å². The number of rotatable bonds is 4. The normalized spacial score (nSPS) is 14.6. The molecule has 2 heterocycles. The zero-order valence-corrected chi connectivity index (χ0v) is 13.1. The molecular formula is C18H19NO4. The molecule has 1 aliphatic rings. The van der Waals surface area contributed by atoms with Crippen LogP contribution in [-0.4, -0.2) is 32.5 Å². The molecule has 1 saturated heterocycles. The summed E-state index contributed by atoms with van der Waals surface area (Å²) in [6.07, 6.45) is 4.16. The highest BCUT2D eigenvalue weighted by Crippen LogP contribution is 2.34. The molecule has 0 amide bonds. The zero-order chi connectivity index (χ0) is 16.2. The van der Waals surface area contributed by atoms with Gasteiger partial charge in [-0.15, -0.1) is 0 Å². The molecule has 1 aromatic carbocycles. The molecule has 0 N–H and O–H groups in total. The molecule has 0 unspecified atom stereocenters. The molecule has 3 rings (SSSR count). The van der Waals surface area contributed by atoms with Crippen molar-refractivity contribution in [3.8, 4) is 11.3 Å². The van der Waals surface area contributed by atoms with Crippen LogP contribution in [0.5, 0.6) is 0 Å². The van der Waals surface area contributed by atoms with Crippen LogP contribution in [0.2, 0.25) is 0 Å². The van der Waals surface area contributed by atoms with Crippen molar-refractivity contribution in [1.82, 2.24) is 0 Å². The van der Waals surface area contributed by atoms with E-state index in [-0.39, 0.29) is 5.97 Å². The minimum absolute atomic E-state index is 0.293. The van der Waals surface area contributed by atoms with Crippen LogP contribution in [0.25, 0.3) is 11.3 Å². The summed E-state index contributed by atoms with van der Waals surface area (Å²) in [6, 6.07) is 8.85. The number of ether oxygens (including phenoxy) is 1. The maximum atomic E-state index is 11.8. The van der Waals surface area contributed by atoms with Crippen molar-refractivity contribution in [2.24, 2.45) is 0 Å². The van der Waals surface area contributed by atoms with Crippen LogP contribution in [0.4, 0.5) is 5.69 Å². The van der Waals surface area contributed by atoms with Crippen molar-refractivity contribution in [3.05, 3.63) is 41.7 Å². The van der Waals surface area contributed by atoms with Crippen LogP contribution in [-0.2, 0) is 4.74 Å². The molecule has 0 atom stereocenters. The number of hydrogen-bond acceptors (Lipinski definition) is 5. The Bertz CT molecular complexity index is 714. The Morgan fingerprint density at radius 2 is 1.96 bits per heavy atom. The van der Waals surface area contributed by atoms with E-state index in [1.54, 1.807) is 18.2 Å². The first-order chi connectivity index (χ1) is 11.2. The Balaban J connectivity index is 2.06. The molecule has 23 heavy (non-hydrogen) atoms. The number of carbonyl (C=O) groups is 2. The fourth-order valence-electron chi connectivity index (χ4n) is 2.94. The lowest BCUT2D eigenvalue weighted by Crippen LogP contribution is -2.30. The number of esters is 1. The fourth-order valence-corrected chi connectivity index (χ4v) is 2.94. The third kappa shape index (κ3) is 3.13. The summed E-state index contributed by atoms with van der Waals surface area (Å²) >= 11 is 0. The smallest absolute Gasteiger partial charge is 0.337 e. The van der Waals surface area contributed by atoms with Crippen LogP contribution < -0.4 is 4.90 Å². The van der Waals surface area contributed by atoms with E-state index in [0.29, 0.717) is 23.4 Å². The molecule has 5 heteroatoms. The number of anilines is 1. The molecule has 0 saturated carbocycles. The van der Waals surface area contributed by atoms with Gasteiger partial charge in [0, 0.05) is 24.3 Å². The third-order valence-corrected chi connectivity index (χ3v) is 4.12. The summed E-state index contributed by atoms with van der Waals surface area (Å²) in [5.41, 5.74) is 2.34. The van der Waals surface area contributed by atoms with E-state index in [9.17, 15) is 9.59 Å². The minimum atomic E-state index is -0.358. The van der Waals surface area contributed by atoms with Gasteiger partial charge in [0.1, 0.15) is 5.76 Å². The maximum Gasteiger partial charge on any atom is 0.337 e. The van der Waals surface area contributed by atoms with Crippen LogP contribution in [0.3, 0.4) is 0 Å². The van der Waals surface area contributed by atoms with Crippen molar-refractivity contribution in [3.63, 3.8) is 0 Å². The average Bonchev–Trinajstić information content (AvgIpc) is 3.10. The highest BCUT2D eigenvalue weighted by atomic mass is 16.5. The van der Waals surface area contributed by atoms with Crippen LogP contribution in [0.15, 0.2) is 34.7 Å². The van der Waals surface area contributed by atoms with Gasteiger partial charge in [0.05, 0.1) is 12.7 Å². The number of piperidine rings is 1. The van der Waals surface area contributed by atoms with Gasteiger partial charge in [-0.3, -0.25) is 4.79 Å². The number of hydrogen-bond donors (Lipinski definition) is 0. The van der Waals surface area contributed by atoms with E-state index >= 15 is 0 Å². The summed E-state index contributed by atoms with van der Waals surface area (Å²) in [4.78, 5) is 24.9. The SMILES string of the molecule is COC(=O)c1ccc(-c2ccc(C=O)o2)c(N2CCCCC2)c1. The van der Waals surface area contributed by atoms with Gasteiger partial charge in [-0.2, -0.15) is 0 Å². The van der Waals surface area contributed by atoms with Crippen molar-refractivity contribution in [2.45, 2.75) is 19.3 Å². The third-order valence-electron chi connectivity index (χ3n) is 4.12. The highest BCUT2D eigenvalue weighted by Gasteiger charge is 2.19. The number of aldehydes is 1. The first-order valence-corrected chi connectivity index (χ1v) is 7.75. The van der Waals surface area contributed by atoms with Gasteiger partial charge in [-0.1, -0.05) is 0 Å². The minimum Gasteiger partial charge on any atom is -0.465 e. The fraction of sp³-hybridized carbons (Fsp3) is 0.333. The highest BCUT2D eigenvalue weighted by molar-refractivity contribution is 5.93. The Morgan fingerprint density at radius 3 is 2.61 bits per heavy atom. The number of methoxy groups -OCH3 is 1. The lowest BCUT2D eigenvalue weighted by molar-refractivity contribution is 0.0600. The number of furan rings is 1. The van der Waals surface area contributed by atoms with Crippen molar-refractivity contribution < 1.29 is 18.7 Å². The second kappa shape index (κ2) is 6.69. The van der Waals surface area contributed by atoms with Crippen LogP contribution in [0, 0.1) is 0 Å². The Hall–Kier alpha value is -2.56. The lowest BCUT2D eigenvalue weighted by atomic mass is 10.0. The number of benzene rings is 1. The van der Waals surface area contributed by atoms with Gasteiger partial charge in [0.15, 0.2) is 12.0 Å².